The summed E-state index contributed by atoms with van der Waals surface area (Å²) in [5.74, 6) is 0. The number of hydrogen-bond acceptors (Lipinski definition) is 2. The molecule has 0 spiro atoms. The van der Waals surface area contributed by atoms with Gasteiger partial charge in [0.25, 0.3) is 0 Å². The molecule has 82 heavy (non-hydrogen) atoms. The predicted molar refractivity (Wildman–Crippen MR) is 351 cm³/mol. The number of nitrogens with zero attached hydrogens (tertiary/aromatic N) is 4. The molecule has 0 radical (unpaired) electrons. The number of aryl methyl sites for hydroxylation is 4. The number of unbranched alkanes of at least 4 members (excludes halogenated alkanes) is 26. The Bertz CT molecular complexity index is 3280. The topological polar surface area (TPSA) is 65.1 Å². The number of hydrogen-bond donors (Lipinski definition) is 2. The van der Waals surface area contributed by atoms with E-state index in [4.69, 9.17) is 9.97 Å². The molecule has 5 aromatic heterocycles. The molecule has 7 aromatic rings. The van der Waals surface area contributed by atoms with Gasteiger partial charge in [-0.3, -0.25) is 0 Å². The Kier molecular flexibility index (Phi) is 23.6. The molecule has 430 valence electrons. The Morgan fingerprint density at radius 1 is 0.280 bits per heavy atom. The van der Waals surface area contributed by atoms with Gasteiger partial charge in [-0.15, -0.1) is 0 Å². The van der Waals surface area contributed by atoms with Crippen molar-refractivity contribution in [2.45, 2.75) is 206 Å². The van der Waals surface area contributed by atoms with Crippen LogP contribution in [-0.2, 0) is 26.9 Å². The minimum Gasteiger partial charge on any atom is -0.354 e. The molecule has 0 atom stereocenters. The summed E-state index contributed by atoms with van der Waals surface area (Å²) in [5.41, 5.74) is 19.4. The third-order valence-electron chi connectivity index (χ3n) is 17.4. The highest BCUT2D eigenvalue weighted by Crippen LogP contribution is 2.39. The molecule has 7 heterocycles. The van der Waals surface area contributed by atoms with E-state index in [1.165, 1.54) is 191 Å². The molecule has 2 aromatic carbocycles. The number of benzene rings is 2. The zero-order chi connectivity index (χ0) is 56.6. The van der Waals surface area contributed by atoms with E-state index in [9.17, 15) is 0 Å². The molecule has 0 fully saturated rings. The Balaban J connectivity index is 0.999. The second-order valence-electron chi connectivity index (χ2n) is 24.1. The first-order valence-corrected chi connectivity index (χ1v) is 32.7. The van der Waals surface area contributed by atoms with E-state index in [-0.39, 0.29) is 0 Å². The first kappa shape index (κ1) is 59.9. The Morgan fingerprint density at radius 2 is 0.537 bits per heavy atom. The Hall–Kier alpha value is -6.66. The van der Waals surface area contributed by atoms with Crippen molar-refractivity contribution in [3.63, 3.8) is 0 Å². The van der Waals surface area contributed by atoms with Crippen molar-refractivity contribution >= 4 is 46.4 Å². The fourth-order valence-corrected chi connectivity index (χ4v) is 12.5. The SMILES string of the molecule is CCCCCCCCCCCCCCCCc1ccc(-c2c3nc(c(-c4ccc(CCCCCCCCCCCCCCCC)cc4)c4ccc([nH]4)c(-c4cc[n+](C)cc4)c4ccc([nH]4)c(-c4cc[n+](C)cc4)c4nc2C=C4)C=C3)cc1. The van der Waals surface area contributed by atoms with Crippen LogP contribution < -0.4 is 9.13 Å². The molecule has 0 saturated heterocycles. The Morgan fingerprint density at radius 3 is 0.866 bits per heavy atom. The predicted octanol–water partition coefficient (Wildman–Crippen LogP) is 21.0. The average molecular weight is 1100 g/mol. The first-order valence-electron chi connectivity index (χ1n) is 32.7. The van der Waals surface area contributed by atoms with Gasteiger partial charge in [-0.25, -0.2) is 19.1 Å². The number of rotatable bonds is 34. The lowest BCUT2D eigenvalue weighted by Crippen LogP contribution is -2.25. The molecule has 8 bridgehead atoms. The highest BCUT2D eigenvalue weighted by atomic mass is 14.9. The largest absolute Gasteiger partial charge is 0.354 e. The maximum Gasteiger partial charge on any atom is 0.169 e. The van der Waals surface area contributed by atoms with Crippen LogP contribution in [0.25, 0.3) is 90.9 Å². The number of nitrogens with one attached hydrogen (secondary N) is 2. The second-order valence-corrected chi connectivity index (χ2v) is 24.1. The molecule has 9 rings (SSSR count). The van der Waals surface area contributed by atoms with Crippen molar-refractivity contribution in [3.8, 4) is 44.5 Å². The van der Waals surface area contributed by atoms with Gasteiger partial charge >= 0.3 is 0 Å². The molecular weight excluding hydrogens is 997 g/mol. The van der Waals surface area contributed by atoms with Gasteiger partial charge in [0.2, 0.25) is 0 Å². The van der Waals surface area contributed by atoms with Gasteiger partial charge in [0, 0.05) is 68.6 Å². The smallest absolute Gasteiger partial charge is 0.169 e. The molecule has 2 aliphatic heterocycles. The lowest BCUT2D eigenvalue weighted by atomic mass is 9.98. The van der Waals surface area contributed by atoms with E-state index >= 15 is 0 Å². The maximum atomic E-state index is 5.63. The summed E-state index contributed by atoms with van der Waals surface area (Å²) in [6.45, 7) is 4.61. The molecule has 0 amide bonds. The number of fused-ring (bicyclic) bond motifs is 8. The molecule has 2 N–H and O–H groups in total. The van der Waals surface area contributed by atoms with Crippen LogP contribution in [0.4, 0.5) is 0 Å². The maximum absolute atomic E-state index is 5.63. The number of aromatic nitrogens is 6. The number of H-pyrrole nitrogens is 2. The van der Waals surface area contributed by atoms with Gasteiger partial charge in [-0.05, 0) is 108 Å². The van der Waals surface area contributed by atoms with Crippen LogP contribution in [0.1, 0.15) is 228 Å². The van der Waals surface area contributed by atoms with Crippen LogP contribution in [0.5, 0.6) is 0 Å². The van der Waals surface area contributed by atoms with Crippen molar-refractivity contribution in [3.05, 3.63) is 156 Å². The summed E-state index contributed by atoms with van der Waals surface area (Å²) in [6.07, 6.45) is 58.2. The molecule has 0 unspecified atom stereocenters. The summed E-state index contributed by atoms with van der Waals surface area (Å²) in [4.78, 5) is 19.1. The van der Waals surface area contributed by atoms with Crippen molar-refractivity contribution in [1.82, 2.24) is 19.9 Å². The summed E-state index contributed by atoms with van der Waals surface area (Å²) in [6, 6.07) is 36.4. The van der Waals surface area contributed by atoms with Crippen molar-refractivity contribution in [2.24, 2.45) is 14.1 Å². The third-order valence-corrected chi connectivity index (χ3v) is 17.4. The van der Waals surface area contributed by atoms with E-state index in [0.717, 1.165) is 102 Å². The van der Waals surface area contributed by atoms with E-state index in [1.807, 2.05) is 0 Å². The standard InChI is InChI=1S/C76H97N6/c1-5-7-9-11-13-15-17-19-21-23-25-27-29-31-33-59-35-39-61(40-36-59)73-65-43-44-66(77-65)74(62-41-37-60(38-42-62)34-32-30-28-26-24-22-20-18-16-14-12-10-8-6-2)68-46-48-70(79-68)76(64-53-57-82(4)58-54-64)72-50-49-71(80-72)75(69-47-45-67(73)78-69)63-51-55-81(3)56-52-63/h35-58H,5-34H2,1-4H3,(H,77,78,79,80)/q+1/p+1. The molecule has 6 nitrogen and oxygen atoms in total. The summed E-state index contributed by atoms with van der Waals surface area (Å²) < 4.78 is 4.18. The first-order chi connectivity index (χ1) is 40.4. The summed E-state index contributed by atoms with van der Waals surface area (Å²) in [5, 5.41) is 0. The lowest BCUT2D eigenvalue weighted by Gasteiger charge is -2.09. The Labute approximate surface area is 493 Å². The minimum absolute atomic E-state index is 0.915. The fraction of sp³-hybridized carbons (Fsp3) is 0.447. The quantitative estimate of drug-likeness (QED) is 0.0312. The molecular formula is C76H98N6+2. The molecule has 0 aliphatic carbocycles. The van der Waals surface area contributed by atoms with Crippen LogP contribution in [0.3, 0.4) is 0 Å². The van der Waals surface area contributed by atoms with Crippen molar-refractivity contribution < 1.29 is 9.13 Å². The average Bonchev–Trinajstić information content (AvgIpc) is 4.38. The normalized spacial score (nSPS) is 12.0. The fourth-order valence-electron chi connectivity index (χ4n) is 12.5. The van der Waals surface area contributed by atoms with Crippen LogP contribution >= 0.6 is 0 Å². The minimum atomic E-state index is 0.915. The van der Waals surface area contributed by atoms with Gasteiger partial charge < -0.3 is 9.97 Å². The van der Waals surface area contributed by atoms with Gasteiger partial charge in [0.15, 0.2) is 24.8 Å². The zero-order valence-electron chi connectivity index (χ0n) is 50.9. The van der Waals surface area contributed by atoms with Gasteiger partial charge in [-0.2, -0.15) is 0 Å². The summed E-state index contributed by atoms with van der Waals surface area (Å²) >= 11 is 0. The van der Waals surface area contributed by atoms with Crippen molar-refractivity contribution in [1.29, 1.82) is 0 Å². The molecule has 6 heteroatoms. The molecule has 0 saturated carbocycles. The number of pyridine rings is 2. The third kappa shape index (κ3) is 17.2. The number of aromatic amines is 2. The second kappa shape index (κ2) is 32.3. The zero-order valence-corrected chi connectivity index (χ0v) is 50.9. The van der Waals surface area contributed by atoms with Gasteiger partial charge in [0.1, 0.15) is 14.1 Å². The monoisotopic (exact) mass is 1090 g/mol. The van der Waals surface area contributed by atoms with Crippen molar-refractivity contribution in [2.75, 3.05) is 0 Å². The van der Waals surface area contributed by atoms with Gasteiger partial charge in [-0.1, -0.05) is 229 Å². The van der Waals surface area contributed by atoms with Crippen LogP contribution in [0.2, 0.25) is 0 Å². The summed E-state index contributed by atoms with van der Waals surface area (Å²) in [7, 11) is 4.14. The van der Waals surface area contributed by atoms with E-state index < -0.39 is 0 Å². The highest BCUT2D eigenvalue weighted by molar-refractivity contribution is 6.00. The highest BCUT2D eigenvalue weighted by Gasteiger charge is 2.20. The van der Waals surface area contributed by atoms with E-state index in [1.54, 1.807) is 0 Å². The van der Waals surface area contributed by atoms with Crippen LogP contribution in [0, 0.1) is 0 Å². The molecule has 2 aliphatic rings. The van der Waals surface area contributed by atoms with E-state index in [0.29, 0.717) is 0 Å². The van der Waals surface area contributed by atoms with Crippen LogP contribution in [0.15, 0.2) is 122 Å². The van der Waals surface area contributed by atoms with Gasteiger partial charge in [0.05, 0.1) is 22.8 Å². The van der Waals surface area contributed by atoms with Crippen LogP contribution in [-0.4, -0.2) is 19.9 Å². The van der Waals surface area contributed by atoms with E-state index in [2.05, 4.69) is 193 Å². The lowest BCUT2D eigenvalue weighted by molar-refractivity contribution is -0.671.